The van der Waals surface area contributed by atoms with Crippen molar-refractivity contribution in [2.45, 2.75) is 58.0 Å². The fourth-order valence-electron chi connectivity index (χ4n) is 3.86. The van der Waals surface area contributed by atoms with E-state index in [1.54, 1.807) is 6.07 Å². The van der Waals surface area contributed by atoms with Crippen molar-refractivity contribution >= 4 is 0 Å². The van der Waals surface area contributed by atoms with Gasteiger partial charge in [-0.1, -0.05) is 38.8 Å². The largest absolute Gasteiger partial charge is 0.508 e. The Kier molecular flexibility index (Phi) is 5.65. The third kappa shape index (κ3) is 3.98. The maximum absolute atomic E-state index is 9.69. The first-order chi connectivity index (χ1) is 10.1. The summed E-state index contributed by atoms with van der Waals surface area (Å²) in [5, 5.41) is 9.69. The number of rotatable bonds is 6. The van der Waals surface area contributed by atoms with Crippen LogP contribution < -0.4 is 5.73 Å². The molecule has 0 aromatic heterocycles. The molecule has 1 aliphatic rings. The highest BCUT2D eigenvalue weighted by atomic mass is 16.3. The minimum absolute atomic E-state index is 0.138. The predicted molar refractivity (Wildman–Crippen MR) is 88.2 cm³/mol. The van der Waals surface area contributed by atoms with Crippen LogP contribution in [-0.2, 0) is 6.54 Å². The lowest BCUT2D eigenvalue weighted by Crippen LogP contribution is -2.56. The normalized spacial score (nSPS) is 26.2. The molecule has 3 N–H and O–H groups in total. The van der Waals surface area contributed by atoms with Gasteiger partial charge in [0.05, 0.1) is 0 Å². The van der Waals surface area contributed by atoms with Gasteiger partial charge >= 0.3 is 0 Å². The maximum Gasteiger partial charge on any atom is 0.115 e. The van der Waals surface area contributed by atoms with E-state index >= 15 is 0 Å². The van der Waals surface area contributed by atoms with E-state index in [0.717, 1.165) is 32.0 Å². The molecule has 118 valence electrons. The Hall–Kier alpha value is -1.06. The highest BCUT2D eigenvalue weighted by molar-refractivity contribution is 5.27. The zero-order chi connectivity index (χ0) is 15.3. The van der Waals surface area contributed by atoms with E-state index in [9.17, 15) is 5.11 Å². The summed E-state index contributed by atoms with van der Waals surface area (Å²) in [4.78, 5) is 2.57. The summed E-state index contributed by atoms with van der Waals surface area (Å²) < 4.78 is 0. The van der Waals surface area contributed by atoms with Gasteiger partial charge in [-0.25, -0.2) is 0 Å². The van der Waals surface area contributed by atoms with E-state index in [1.165, 1.54) is 31.2 Å². The van der Waals surface area contributed by atoms with Gasteiger partial charge in [-0.15, -0.1) is 0 Å². The molecule has 0 amide bonds. The Labute approximate surface area is 129 Å². The van der Waals surface area contributed by atoms with Crippen molar-refractivity contribution in [1.82, 2.24) is 4.90 Å². The molecule has 0 heterocycles. The summed E-state index contributed by atoms with van der Waals surface area (Å²) in [6.45, 7) is 7.26. The van der Waals surface area contributed by atoms with Crippen LogP contribution in [-0.4, -0.2) is 28.6 Å². The first kappa shape index (κ1) is 16.3. The molecule has 2 unspecified atom stereocenters. The molecule has 3 nitrogen and oxygen atoms in total. The van der Waals surface area contributed by atoms with Crippen molar-refractivity contribution in [2.75, 3.05) is 13.1 Å². The molecule has 1 fully saturated rings. The number of phenols is 1. The van der Waals surface area contributed by atoms with Crippen LogP contribution in [0.2, 0.25) is 0 Å². The second-order valence-corrected chi connectivity index (χ2v) is 6.72. The van der Waals surface area contributed by atoms with Crippen molar-refractivity contribution in [3.05, 3.63) is 29.8 Å². The van der Waals surface area contributed by atoms with E-state index in [2.05, 4.69) is 24.8 Å². The van der Waals surface area contributed by atoms with Crippen LogP contribution in [0, 0.1) is 5.92 Å². The average Bonchev–Trinajstić information content (AvgIpc) is 2.47. The molecule has 1 aromatic carbocycles. The zero-order valence-corrected chi connectivity index (χ0v) is 13.5. The van der Waals surface area contributed by atoms with Crippen molar-refractivity contribution in [3.8, 4) is 5.75 Å². The Balaban J connectivity index is 2.19. The van der Waals surface area contributed by atoms with Crippen molar-refractivity contribution < 1.29 is 5.11 Å². The molecule has 1 aromatic rings. The number of hydrogen-bond donors (Lipinski definition) is 2. The Morgan fingerprint density at radius 1 is 1.43 bits per heavy atom. The fourth-order valence-corrected chi connectivity index (χ4v) is 3.86. The van der Waals surface area contributed by atoms with Crippen LogP contribution in [0.5, 0.6) is 5.75 Å². The summed E-state index contributed by atoms with van der Waals surface area (Å²) in [6, 6.07) is 7.63. The zero-order valence-electron chi connectivity index (χ0n) is 13.5. The van der Waals surface area contributed by atoms with Gasteiger partial charge in [0.25, 0.3) is 0 Å². The fraction of sp³-hybridized carbons (Fsp3) is 0.667. The Bertz CT molecular complexity index is 449. The summed E-state index contributed by atoms with van der Waals surface area (Å²) in [7, 11) is 0. The quantitative estimate of drug-likeness (QED) is 0.843. The van der Waals surface area contributed by atoms with Gasteiger partial charge in [0.1, 0.15) is 5.75 Å². The lowest BCUT2D eigenvalue weighted by atomic mass is 9.75. The molecule has 0 spiro atoms. The summed E-state index contributed by atoms with van der Waals surface area (Å²) in [5.74, 6) is 1.11. The minimum atomic E-state index is 0.138. The Morgan fingerprint density at radius 2 is 2.24 bits per heavy atom. The topological polar surface area (TPSA) is 49.5 Å². The predicted octanol–water partition coefficient (Wildman–Crippen LogP) is 3.51. The second kappa shape index (κ2) is 7.28. The van der Waals surface area contributed by atoms with E-state index in [1.807, 2.05) is 12.1 Å². The van der Waals surface area contributed by atoms with E-state index in [-0.39, 0.29) is 5.54 Å². The van der Waals surface area contributed by atoms with Crippen LogP contribution in [0.3, 0.4) is 0 Å². The lowest BCUT2D eigenvalue weighted by molar-refractivity contribution is 0.0321. The lowest BCUT2D eigenvalue weighted by Gasteiger charge is -2.48. The standard InChI is InChI=1S/C18H30N2O/c1-3-10-20(13-16-7-4-8-17(21)11-16)18(14-19)9-5-6-15(2)12-18/h4,7-8,11,15,21H,3,5-6,9-10,12-14,19H2,1-2H3. The molecule has 2 rings (SSSR count). The van der Waals surface area contributed by atoms with Gasteiger partial charge < -0.3 is 10.8 Å². The van der Waals surface area contributed by atoms with Gasteiger partial charge in [-0.05, 0) is 49.4 Å². The molecule has 0 saturated heterocycles. The van der Waals surface area contributed by atoms with E-state index in [4.69, 9.17) is 5.73 Å². The van der Waals surface area contributed by atoms with Crippen LogP contribution in [0.4, 0.5) is 0 Å². The number of hydrogen-bond acceptors (Lipinski definition) is 3. The molecule has 1 saturated carbocycles. The highest BCUT2D eigenvalue weighted by Crippen LogP contribution is 2.37. The smallest absolute Gasteiger partial charge is 0.115 e. The number of nitrogens with two attached hydrogens (primary N) is 1. The molecule has 3 heteroatoms. The number of phenolic OH excluding ortho intramolecular Hbond substituents is 1. The van der Waals surface area contributed by atoms with E-state index < -0.39 is 0 Å². The second-order valence-electron chi connectivity index (χ2n) is 6.72. The molecule has 1 aliphatic carbocycles. The summed E-state index contributed by atoms with van der Waals surface area (Å²) in [5.41, 5.74) is 7.54. The van der Waals surface area contributed by atoms with Gasteiger partial charge in [0, 0.05) is 18.6 Å². The Morgan fingerprint density at radius 3 is 2.86 bits per heavy atom. The molecule has 21 heavy (non-hydrogen) atoms. The van der Waals surface area contributed by atoms with Crippen LogP contribution >= 0.6 is 0 Å². The van der Waals surface area contributed by atoms with Crippen LogP contribution in [0.1, 0.15) is 51.5 Å². The minimum Gasteiger partial charge on any atom is -0.508 e. The number of aromatic hydroxyl groups is 1. The van der Waals surface area contributed by atoms with Gasteiger partial charge in [0.15, 0.2) is 0 Å². The molecular formula is C18H30N2O. The van der Waals surface area contributed by atoms with Crippen LogP contribution in [0.25, 0.3) is 0 Å². The highest BCUT2D eigenvalue weighted by Gasteiger charge is 2.38. The van der Waals surface area contributed by atoms with Gasteiger partial charge in [-0.2, -0.15) is 0 Å². The first-order valence-corrected chi connectivity index (χ1v) is 8.32. The summed E-state index contributed by atoms with van der Waals surface area (Å²) >= 11 is 0. The van der Waals surface area contributed by atoms with E-state index in [0.29, 0.717) is 5.75 Å². The third-order valence-corrected chi connectivity index (χ3v) is 4.90. The summed E-state index contributed by atoms with van der Waals surface area (Å²) in [6.07, 6.45) is 6.14. The van der Waals surface area contributed by atoms with Gasteiger partial charge in [-0.3, -0.25) is 4.90 Å². The number of benzene rings is 1. The molecule has 0 aliphatic heterocycles. The van der Waals surface area contributed by atoms with Gasteiger partial charge in [0.2, 0.25) is 0 Å². The molecule has 0 bridgehead atoms. The van der Waals surface area contributed by atoms with Crippen molar-refractivity contribution in [3.63, 3.8) is 0 Å². The van der Waals surface area contributed by atoms with Crippen molar-refractivity contribution in [2.24, 2.45) is 11.7 Å². The molecule has 0 radical (unpaired) electrons. The SMILES string of the molecule is CCCN(Cc1cccc(O)c1)C1(CN)CCCC(C)C1. The average molecular weight is 290 g/mol. The molecule has 2 atom stereocenters. The third-order valence-electron chi connectivity index (χ3n) is 4.90. The van der Waals surface area contributed by atoms with Crippen molar-refractivity contribution in [1.29, 1.82) is 0 Å². The monoisotopic (exact) mass is 290 g/mol. The number of nitrogens with zero attached hydrogens (tertiary/aromatic N) is 1. The first-order valence-electron chi connectivity index (χ1n) is 8.32. The maximum atomic E-state index is 9.69. The van der Waals surface area contributed by atoms with Crippen LogP contribution in [0.15, 0.2) is 24.3 Å². The molecular weight excluding hydrogens is 260 g/mol.